The lowest BCUT2D eigenvalue weighted by atomic mass is 9.96. The first kappa shape index (κ1) is 13.9. The summed E-state index contributed by atoms with van der Waals surface area (Å²) in [5, 5.41) is 8.99. The Morgan fingerprint density at radius 3 is 2.14 bits per heavy atom. The van der Waals surface area contributed by atoms with Crippen LogP contribution in [0.15, 0.2) is 0 Å². The van der Waals surface area contributed by atoms with E-state index in [1.54, 1.807) is 7.11 Å². The highest BCUT2D eigenvalue weighted by molar-refractivity contribution is 4.68. The van der Waals surface area contributed by atoms with Gasteiger partial charge in [-0.05, 0) is 20.3 Å². The minimum Gasteiger partial charge on any atom is -0.396 e. The van der Waals surface area contributed by atoms with Gasteiger partial charge in [-0.2, -0.15) is 0 Å². The molecule has 3 heteroatoms. The molecular weight excluding hydrogens is 180 g/mol. The van der Waals surface area contributed by atoms with Crippen molar-refractivity contribution in [3.05, 3.63) is 0 Å². The van der Waals surface area contributed by atoms with Crippen LogP contribution in [-0.2, 0) is 9.47 Å². The molecule has 0 atom stereocenters. The number of rotatable bonds is 7. The van der Waals surface area contributed by atoms with E-state index in [1.165, 1.54) is 0 Å². The van der Waals surface area contributed by atoms with E-state index in [0.717, 1.165) is 6.42 Å². The fourth-order valence-electron chi connectivity index (χ4n) is 0.814. The van der Waals surface area contributed by atoms with Crippen molar-refractivity contribution in [3.63, 3.8) is 0 Å². The lowest BCUT2D eigenvalue weighted by molar-refractivity contribution is -0.0277. The molecule has 0 radical (unpaired) electrons. The second-order valence-electron chi connectivity index (χ2n) is 5.09. The molecule has 0 aromatic heterocycles. The Bertz CT molecular complexity index is 135. The average molecular weight is 204 g/mol. The van der Waals surface area contributed by atoms with E-state index >= 15 is 0 Å². The summed E-state index contributed by atoms with van der Waals surface area (Å²) in [6.45, 7) is 9.44. The summed E-state index contributed by atoms with van der Waals surface area (Å²) >= 11 is 0. The van der Waals surface area contributed by atoms with Crippen LogP contribution in [0.3, 0.4) is 0 Å². The molecule has 0 unspecified atom stereocenters. The Morgan fingerprint density at radius 2 is 1.71 bits per heavy atom. The van der Waals surface area contributed by atoms with Gasteiger partial charge in [0.2, 0.25) is 0 Å². The van der Waals surface area contributed by atoms with Crippen LogP contribution in [0.2, 0.25) is 0 Å². The maximum absolute atomic E-state index is 8.99. The maximum Gasteiger partial charge on any atom is 0.0644 e. The van der Waals surface area contributed by atoms with E-state index in [-0.39, 0.29) is 17.6 Å². The Morgan fingerprint density at radius 1 is 1.14 bits per heavy atom. The summed E-state index contributed by atoms with van der Waals surface area (Å²) in [4.78, 5) is 0. The van der Waals surface area contributed by atoms with E-state index in [1.807, 2.05) is 27.7 Å². The fraction of sp³-hybridized carbons (Fsp3) is 1.00. The molecule has 14 heavy (non-hydrogen) atoms. The standard InChI is InChI=1S/C11H24O3/c1-10(2,8-12)9-14-7-6-11(3,4)13-5/h12H,6-9H2,1-5H3. The highest BCUT2D eigenvalue weighted by Gasteiger charge is 2.19. The molecule has 3 nitrogen and oxygen atoms in total. The third kappa shape index (κ3) is 6.35. The number of aliphatic hydroxyl groups is 1. The molecule has 0 aromatic carbocycles. The minimum absolute atomic E-state index is 0.122. The molecule has 0 saturated carbocycles. The molecule has 0 aliphatic rings. The number of ether oxygens (including phenoxy) is 2. The van der Waals surface area contributed by atoms with Gasteiger partial charge in [-0.1, -0.05) is 13.8 Å². The smallest absolute Gasteiger partial charge is 0.0644 e. The van der Waals surface area contributed by atoms with Crippen LogP contribution in [0.25, 0.3) is 0 Å². The zero-order valence-electron chi connectivity index (χ0n) is 10.1. The summed E-state index contributed by atoms with van der Waals surface area (Å²) in [5.41, 5.74) is -0.263. The lowest BCUT2D eigenvalue weighted by Gasteiger charge is -2.25. The molecule has 0 bridgehead atoms. The molecule has 86 valence electrons. The van der Waals surface area contributed by atoms with Crippen molar-refractivity contribution in [2.75, 3.05) is 26.9 Å². The second-order valence-corrected chi connectivity index (χ2v) is 5.09. The fourth-order valence-corrected chi connectivity index (χ4v) is 0.814. The molecule has 0 rings (SSSR count). The van der Waals surface area contributed by atoms with Crippen LogP contribution >= 0.6 is 0 Å². The highest BCUT2D eigenvalue weighted by atomic mass is 16.5. The molecular formula is C11H24O3. The normalized spacial score (nSPS) is 13.3. The summed E-state index contributed by atoms with van der Waals surface area (Å²) in [6, 6.07) is 0. The van der Waals surface area contributed by atoms with Gasteiger partial charge in [-0.25, -0.2) is 0 Å². The number of hydrogen-bond donors (Lipinski definition) is 1. The third-order valence-corrected chi connectivity index (χ3v) is 2.32. The van der Waals surface area contributed by atoms with E-state index < -0.39 is 0 Å². The first-order valence-electron chi connectivity index (χ1n) is 5.07. The Balaban J connectivity index is 3.57. The monoisotopic (exact) mass is 204 g/mol. The van der Waals surface area contributed by atoms with Crippen LogP contribution in [0.5, 0.6) is 0 Å². The summed E-state index contributed by atoms with van der Waals surface area (Å²) in [7, 11) is 1.71. The van der Waals surface area contributed by atoms with Crippen molar-refractivity contribution in [2.24, 2.45) is 5.41 Å². The van der Waals surface area contributed by atoms with E-state index in [0.29, 0.717) is 13.2 Å². The maximum atomic E-state index is 8.99. The zero-order valence-corrected chi connectivity index (χ0v) is 10.1. The van der Waals surface area contributed by atoms with Crippen LogP contribution in [0.1, 0.15) is 34.1 Å². The molecule has 0 heterocycles. The zero-order chi connectivity index (χ0) is 11.2. The van der Waals surface area contributed by atoms with E-state index in [9.17, 15) is 0 Å². The van der Waals surface area contributed by atoms with Gasteiger partial charge in [0.1, 0.15) is 0 Å². The van der Waals surface area contributed by atoms with Gasteiger partial charge in [0.15, 0.2) is 0 Å². The SMILES string of the molecule is COC(C)(C)CCOCC(C)(C)CO. The van der Waals surface area contributed by atoms with Gasteiger partial charge in [0.05, 0.1) is 18.8 Å². The number of aliphatic hydroxyl groups excluding tert-OH is 1. The Labute approximate surface area is 87.4 Å². The van der Waals surface area contributed by atoms with Gasteiger partial charge >= 0.3 is 0 Å². The van der Waals surface area contributed by atoms with Crippen molar-refractivity contribution >= 4 is 0 Å². The average Bonchev–Trinajstić information content (AvgIpc) is 2.13. The molecule has 0 saturated heterocycles. The molecule has 1 N–H and O–H groups in total. The molecule has 0 aliphatic carbocycles. The Hall–Kier alpha value is -0.120. The van der Waals surface area contributed by atoms with E-state index in [2.05, 4.69) is 0 Å². The van der Waals surface area contributed by atoms with Crippen LogP contribution in [0, 0.1) is 5.41 Å². The van der Waals surface area contributed by atoms with Crippen molar-refractivity contribution < 1.29 is 14.6 Å². The summed E-state index contributed by atoms with van der Waals surface area (Å²) in [5.74, 6) is 0. The van der Waals surface area contributed by atoms with Gasteiger partial charge in [0, 0.05) is 19.1 Å². The van der Waals surface area contributed by atoms with E-state index in [4.69, 9.17) is 14.6 Å². The van der Waals surface area contributed by atoms with Gasteiger partial charge < -0.3 is 14.6 Å². The molecule has 0 amide bonds. The summed E-state index contributed by atoms with van der Waals surface area (Å²) in [6.07, 6.45) is 0.866. The first-order chi connectivity index (χ1) is 6.33. The largest absolute Gasteiger partial charge is 0.396 e. The molecule has 0 aliphatic heterocycles. The number of hydrogen-bond acceptors (Lipinski definition) is 3. The lowest BCUT2D eigenvalue weighted by Crippen LogP contribution is -2.27. The first-order valence-corrected chi connectivity index (χ1v) is 5.07. The quantitative estimate of drug-likeness (QED) is 0.643. The van der Waals surface area contributed by atoms with Crippen molar-refractivity contribution in [1.29, 1.82) is 0 Å². The van der Waals surface area contributed by atoms with Gasteiger partial charge in [0.25, 0.3) is 0 Å². The summed E-state index contributed by atoms with van der Waals surface area (Å²) < 4.78 is 10.8. The second kappa shape index (κ2) is 5.69. The minimum atomic E-state index is -0.142. The van der Waals surface area contributed by atoms with Gasteiger partial charge in [-0.15, -0.1) is 0 Å². The molecule has 0 spiro atoms. The van der Waals surface area contributed by atoms with Crippen LogP contribution in [-0.4, -0.2) is 37.6 Å². The van der Waals surface area contributed by atoms with Crippen LogP contribution in [0.4, 0.5) is 0 Å². The number of methoxy groups -OCH3 is 1. The predicted octanol–water partition coefficient (Wildman–Crippen LogP) is 1.84. The van der Waals surface area contributed by atoms with Gasteiger partial charge in [-0.3, -0.25) is 0 Å². The molecule has 0 aromatic rings. The topological polar surface area (TPSA) is 38.7 Å². The van der Waals surface area contributed by atoms with Crippen molar-refractivity contribution in [2.45, 2.75) is 39.7 Å². The Kier molecular flexibility index (Phi) is 5.64. The predicted molar refractivity (Wildman–Crippen MR) is 57.4 cm³/mol. The van der Waals surface area contributed by atoms with Crippen LogP contribution < -0.4 is 0 Å². The van der Waals surface area contributed by atoms with Crippen molar-refractivity contribution in [3.8, 4) is 0 Å². The van der Waals surface area contributed by atoms with Crippen molar-refractivity contribution in [1.82, 2.24) is 0 Å². The molecule has 0 fully saturated rings. The third-order valence-electron chi connectivity index (χ3n) is 2.32. The highest BCUT2D eigenvalue weighted by Crippen LogP contribution is 2.16.